The van der Waals surface area contributed by atoms with Gasteiger partial charge in [0.2, 0.25) is 0 Å². The maximum atomic E-state index is 12.9. The molecule has 34 heavy (non-hydrogen) atoms. The number of carbonyl (C=O) groups is 1. The number of nitrogen functional groups attached to an aromatic ring is 1. The first-order valence-electron chi connectivity index (χ1n) is 11.3. The summed E-state index contributed by atoms with van der Waals surface area (Å²) < 4.78 is 9.09. The Morgan fingerprint density at radius 2 is 2.00 bits per heavy atom. The molecule has 12 nitrogen and oxygen atoms in total. The lowest BCUT2D eigenvalue weighted by atomic mass is 9.83. The van der Waals surface area contributed by atoms with Gasteiger partial charge in [0, 0.05) is 31.0 Å². The van der Waals surface area contributed by atoms with Crippen molar-refractivity contribution in [2.75, 3.05) is 5.73 Å². The van der Waals surface area contributed by atoms with Crippen molar-refractivity contribution in [3.8, 4) is 11.3 Å². The fourth-order valence-electron chi connectivity index (χ4n) is 4.83. The largest absolute Gasteiger partial charge is 0.390 e. The second kappa shape index (κ2) is 8.31. The Balaban J connectivity index is 1.42. The molecule has 182 valence electrons. The number of fused-ring (bicyclic) bond motifs is 1. The molecule has 1 saturated carbocycles. The van der Waals surface area contributed by atoms with Gasteiger partial charge in [-0.05, 0) is 38.7 Å². The van der Waals surface area contributed by atoms with Gasteiger partial charge in [-0.25, -0.2) is 9.97 Å². The molecule has 0 unspecified atom stereocenters. The van der Waals surface area contributed by atoms with Gasteiger partial charge < -0.3 is 35.7 Å². The van der Waals surface area contributed by atoms with Gasteiger partial charge in [-0.2, -0.15) is 5.10 Å². The Kier molecular flexibility index (Phi) is 5.55. The molecular formula is C22H29N7O5. The van der Waals surface area contributed by atoms with Gasteiger partial charge in [0.05, 0.1) is 16.7 Å². The molecule has 0 spiro atoms. The van der Waals surface area contributed by atoms with Gasteiger partial charge in [-0.3, -0.25) is 9.48 Å². The van der Waals surface area contributed by atoms with Gasteiger partial charge >= 0.3 is 0 Å². The lowest BCUT2D eigenvalue weighted by molar-refractivity contribution is -0.139. The van der Waals surface area contributed by atoms with Crippen molar-refractivity contribution < 1.29 is 24.9 Å². The number of hydrogen-bond donors (Lipinski definition) is 5. The highest BCUT2D eigenvalue weighted by molar-refractivity contribution is 5.99. The number of aliphatic hydroxyl groups is 3. The van der Waals surface area contributed by atoms with Crippen LogP contribution in [0.15, 0.2) is 24.8 Å². The summed E-state index contributed by atoms with van der Waals surface area (Å²) in [4.78, 5) is 21.3. The molecule has 2 fully saturated rings. The van der Waals surface area contributed by atoms with Crippen LogP contribution in [-0.2, 0) is 16.6 Å². The summed E-state index contributed by atoms with van der Waals surface area (Å²) in [6.07, 6.45) is 2.00. The molecule has 6 N–H and O–H groups in total. The van der Waals surface area contributed by atoms with Crippen LogP contribution in [0.25, 0.3) is 22.3 Å². The number of aliphatic hydroxyl groups excluding tert-OH is 2. The van der Waals surface area contributed by atoms with Crippen LogP contribution in [0.2, 0.25) is 0 Å². The molecule has 0 radical (unpaired) electrons. The summed E-state index contributed by atoms with van der Waals surface area (Å²) in [6, 6.07) is 1.68. The zero-order valence-electron chi connectivity index (χ0n) is 19.0. The average molecular weight is 472 g/mol. The summed E-state index contributed by atoms with van der Waals surface area (Å²) in [7, 11) is 1.79. The summed E-state index contributed by atoms with van der Waals surface area (Å²) in [5, 5.41) is 39.5. The highest BCUT2D eigenvalue weighted by atomic mass is 16.6. The van der Waals surface area contributed by atoms with Gasteiger partial charge in [0.25, 0.3) is 5.91 Å². The lowest BCUT2D eigenvalue weighted by Gasteiger charge is -2.33. The number of aryl methyl sites for hydroxylation is 1. The molecule has 0 aromatic carbocycles. The van der Waals surface area contributed by atoms with Crippen LogP contribution in [0, 0.1) is 0 Å². The van der Waals surface area contributed by atoms with E-state index in [-0.39, 0.29) is 11.9 Å². The highest BCUT2D eigenvalue weighted by Crippen LogP contribution is 2.38. The minimum atomic E-state index is -1.44. The first kappa shape index (κ1) is 22.7. The maximum Gasteiger partial charge on any atom is 0.252 e. The molecular weight excluding hydrogens is 442 g/mol. The second-order valence-corrected chi connectivity index (χ2v) is 9.49. The predicted molar refractivity (Wildman–Crippen MR) is 121 cm³/mol. The number of rotatable bonds is 4. The van der Waals surface area contributed by atoms with Crippen LogP contribution in [0.5, 0.6) is 0 Å². The molecule has 1 aliphatic heterocycles. The monoisotopic (exact) mass is 471 g/mol. The van der Waals surface area contributed by atoms with Gasteiger partial charge in [-0.1, -0.05) is 0 Å². The molecule has 0 bridgehead atoms. The van der Waals surface area contributed by atoms with E-state index in [1.54, 1.807) is 35.6 Å². The fraction of sp³-hybridized carbons (Fsp3) is 0.545. The number of nitrogens with zero attached hydrogens (tertiary/aromatic N) is 5. The minimum Gasteiger partial charge on any atom is -0.390 e. The predicted octanol–water partition coefficient (Wildman–Crippen LogP) is -0.157. The van der Waals surface area contributed by atoms with E-state index in [0.717, 1.165) is 0 Å². The van der Waals surface area contributed by atoms with Crippen molar-refractivity contribution in [1.82, 2.24) is 29.6 Å². The summed E-state index contributed by atoms with van der Waals surface area (Å²) in [5.74, 6) is -0.268. The Morgan fingerprint density at radius 3 is 2.68 bits per heavy atom. The molecule has 1 aliphatic carbocycles. The van der Waals surface area contributed by atoms with Crippen molar-refractivity contribution in [3.05, 3.63) is 24.8 Å². The van der Waals surface area contributed by atoms with Crippen LogP contribution >= 0.6 is 0 Å². The van der Waals surface area contributed by atoms with Crippen LogP contribution in [0.3, 0.4) is 0 Å². The third-order valence-corrected chi connectivity index (χ3v) is 6.81. The summed E-state index contributed by atoms with van der Waals surface area (Å²) in [5.41, 5.74) is 7.07. The number of carbonyl (C=O) groups excluding carboxylic acids is 1. The SMILES string of the molecule is Cn1ccc(-c2cn([C@@H]3O[C@H](C(=O)N[C@H]4CC[C@@](C)(O)CC4)[C@@H](O)[C@H]3O)c3ncnc(N)c23)n1. The van der Waals surface area contributed by atoms with Gasteiger partial charge in [0.1, 0.15) is 30.0 Å². The van der Waals surface area contributed by atoms with E-state index in [4.69, 9.17) is 10.5 Å². The quantitative estimate of drug-likeness (QED) is 0.346. The Hall–Kier alpha value is -3.06. The van der Waals surface area contributed by atoms with E-state index in [2.05, 4.69) is 20.4 Å². The first-order valence-corrected chi connectivity index (χ1v) is 11.3. The highest BCUT2D eigenvalue weighted by Gasteiger charge is 2.48. The van der Waals surface area contributed by atoms with Crippen LogP contribution in [-0.4, -0.2) is 75.5 Å². The number of nitrogens with one attached hydrogen (secondary N) is 1. The number of anilines is 1. The van der Waals surface area contributed by atoms with E-state index in [1.165, 1.54) is 6.33 Å². The molecule has 12 heteroatoms. The average Bonchev–Trinajstić information content (AvgIpc) is 3.47. The van der Waals surface area contributed by atoms with Gasteiger partial charge in [0.15, 0.2) is 12.3 Å². The maximum absolute atomic E-state index is 12.9. The van der Waals surface area contributed by atoms with Crippen LogP contribution < -0.4 is 11.1 Å². The number of hydrogen-bond acceptors (Lipinski definition) is 9. The molecule has 3 aromatic heterocycles. The Bertz CT molecular complexity index is 1210. The second-order valence-electron chi connectivity index (χ2n) is 9.49. The third-order valence-electron chi connectivity index (χ3n) is 6.81. The van der Waals surface area contributed by atoms with E-state index >= 15 is 0 Å². The van der Waals surface area contributed by atoms with E-state index in [9.17, 15) is 20.1 Å². The number of ether oxygens (including phenoxy) is 1. The molecule has 4 atom stereocenters. The molecule has 1 amide bonds. The number of aromatic nitrogens is 5. The van der Waals surface area contributed by atoms with Crippen molar-refractivity contribution in [2.45, 2.75) is 68.8 Å². The van der Waals surface area contributed by atoms with Crippen molar-refractivity contribution >= 4 is 22.8 Å². The van der Waals surface area contributed by atoms with E-state index in [0.29, 0.717) is 48.0 Å². The van der Waals surface area contributed by atoms with Crippen LogP contribution in [0.4, 0.5) is 5.82 Å². The van der Waals surface area contributed by atoms with E-state index in [1.807, 2.05) is 6.07 Å². The van der Waals surface area contributed by atoms with Crippen molar-refractivity contribution in [2.24, 2.45) is 7.05 Å². The zero-order chi connectivity index (χ0) is 24.2. The van der Waals surface area contributed by atoms with Crippen molar-refractivity contribution in [1.29, 1.82) is 0 Å². The third kappa shape index (κ3) is 3.92. The smallest absolute Gasteiger partial charge is 0.252 e. The number of amides is 1. The lowest BCUT2D eigenvalue weighted by Crippen LogP contribution is -2.48. The molecule has 2 aliphatic rings. The molecule has 1 saturated heterocycles. The van der Waals surface area contributed by atoms with Gasteiger partial charge in [-0.15, -0.1) is 0 Å². The summed E-state index contributed by atoms with van der Waals surface area (Å²) >= 11 is 0. The topological polar surface area (TPSA) is 174 Å². The fourth-order valence-corrected chi connectivity index (χ4v) is 4.83. The minimum absolute atomic E-state index is 0.129. The Labute approximate surface area is 195 Å². The van der Waals surface area contributed by atoms with Crippen LogP contribution in [0.1, 0.15) is 38.8 Å². The number of nitrogens with two attached hydrogens (primary N) is 1. The van der Waals surface area contributed by atoms with Crippen molar-refractivity contribution in [3.63, 3.8) is 0 Å². The molecule has 5 rings (SSSR count). The molecule has 3 aromatic rings. The Morgan fingerprint density at radius 1 is 1.26 bits per heavy atom. The normalized spacial score (nSPS) is 31.7. The van der Waals surface area contributed by atoms with E-state index < -0.39 is 36.0 Å². The molecule has 4 heterocycles. The zero-order valence-corrected chi connectivity index (χ0v) is 19.0. The standard InChI is InChI=1S/C22H29N7O5/c1-22(33)6-3-11(4-7-22)26-20(32)17-15(30)16(31)21(34-17)29-9-12(13-5-8-28(2)27-13)14-18(23)24-10-25-19(14)29/h5,8-11,15-17,21,30-31,33H,3-4,6-7H2,1-2H3,(H,26,32)(H2,23,24,25)/t11-,15-,16+,17-,21+,22+/m0/s1. The first-order chi connectivity index (χ1) is 16.1. The summed E-state index contributed by atoms with van der Waals surface area (Å²) in [6.45, 7) is 1.78.